The zero-order valence-corrected chi connectivity index (χ0v) is 17.7. The van der Waals surface area contributed by atoms with Crippen LogP contribution in [0.15, 0.2) is 42.5 Å². The van der Waals surface area contributed by atoms with Gasteiger partial charge in [0.1, 0.15) is 0 Å². The topological polar surface area (TPSA) is 66.5 Å². The highest BCUT2D eigenvalue weighted by atomic mass is 35.5. The maximum atomic E-state index is 12.5. The molecule has 7 heteroatoms. The molecule has 0 saturated carbocycles. The monoisotopic (exact) mass is 420 g/mol. The summed E-state index contributed by atoms with van der Waals surface area (Å²) < 4.78 is 22.9. The molecule has 5 nitrogen and oxygen atoms in total. The number of nitrogens with zero attached hydrogens (tertiary/aromatic N) is 1. The molecule has 0 aromatic heterocycles. The molecule has 1 N–H and O–H groups in total. The molecule has 1 saturated heterocycles. The fourth-order valence-electron chi connectivity index (χ4n) is 3.59. The van der Waals surface area contributed by atoms with Gasteiger partial charge < -0.3 is 10.2 Å². The molecule has 1 unspecified atom stereocenters. The molecule has 150 valence electrons. The predicted octanol–water partition coefficient (Wildman–Crippen LogP) is 3.45. The van der Waals surface area contributed by atoms with Crippen molar-refractivity contribution in [2.45, 2.75) is 19.1 Å². The first-order valence-corrected chi connectivity index (χ1v) is 11.7. The van der Waals surface area contributed by atoms with Crippen molar-refractivity contribution < 1.29 is 13.2 Å². The Hall–Kier alpha value is -2.05. The number of carbonyl (C=O) groups is 1. The first-order chi connectivity index (χ1) is 13.2. The van der Waals surface area contributed by atoms with Crippen LogP contribution in [0, 0.1) is 12.8 Å². The fourth-order valence-corrected chi connectivity index (χ4v) is 4.54. The summed E-state index contributed by atoms with van der Waals surface area (Å²) in [5.74, 6) is 0.124. The van der Waals surface area contributed by atoms with Crippen molar-refractivity contribution >= 4 is 33.0 Å². The van der Waals surface area contributed by atoms with Gasteiger partial charge in [-0.25, -0.2) is 8.42 Å². The minimum absolute atomic E-state index is 0.0648. The van der Waals surface area contributed by atoms with Crippen molar-refractivity contribution in [3.8, 4) is 0 Å². The van der Waals surface area contributed by atoms with E-state index < -0.39 is 9.84 Å². The molecule has 0 radical (unpaired) electrons. The standard InChI is InChI=1S/C21H25ClN2O3S/c1-15-6-7-19(22)11-20(15)24-9-8-17(13-24)12-23-21(25)18-5-3-4-16(10-18)14-28(2,26)27/h3-7,10-11,17H,8-9,12-14H2,1-2H3,(H,23,25). The van der Waals surface area contributed by atoms with Crippen molar-refractivity contribution in [2.75, 3.05) is 30.8 Å². The van der Waals surface area contributed by atoms with Crippen LogP contribution in [-0.2, 0) is 15.6 Å². The number of hydrogen-bond donors (Lipinski definition) is 1. The van der Waals surface area contributed by atoms with Crippen molar-refractivity contribution in [1.82, 2.24) is 5.32 Å². The van der Waals surface area contributed by atoms with E-state index in [-0.39, 0.29) is 11.7 Å². The number of benzene rings is 2. The van der Waals surface area contributed by atoms with Crippen molar-refractivity contribution in [3.63, 3.8) is 0 Å². The summed E-state index contributed by atoms with van der Waals surface area (Å²) in [6.07, 6.45) is 2.19. The zero-order valence-electron chi connectivity index (χ0n) is 16.1. The Morgan fingerprint density at radius 3 is 2.79 bits per heavy atom. The third-order valence-corrected chi connectivity index (χ3v) is 6.06. The molecular weight excluding hydrogens is 396 g/mol. The van der Waals surface area contributed by atoms with Crippen LogP contribution in [-0.4, -0.2) is 40.2 Å². The molecule has 0 spiro atoms. The summed E-state index contributed by atoms with van der Waals surface area (Å²) in [7, 11) is -3.13. The number of amides is 1. The van der Waals surface area contributed by atoms with Crippen LogP contribution in [0.2, 0.25) is 5.02 Å². The maximum Gasteiger partial charge on any atom is 0.251 e. The quantitative estimate of drug-likeness (QED) is 0.777. The van der Waals surface area contributed by atoms with Crippen LogP contribution in [0.25, 0.3) is 0 Å². The predicted molar refractivity (Wildman–Crippen MR) is 114 cm³/mol. The van der Waals surface area contributed by atoms with Crippen LogP contribution >= 0.6 is 11.6 Å². The van der Waals surface area contributed by atoms with Gasteiger partial charge in [0.25, 0.3) is 5.91 Å². The number of aryl methyl sites for hydroxylation is 1. The van der Waals surface area contributed by atoms with Crippen LogP contribution in [0.3, 0.4) is 0 Å². The van der Waals surface area contributed by atoms with Gasteiger partial charge in [-0.2, -0.15) is 0 Å². The molecule has 1 amide bonds. The SMILES string of the molecule is Cc1ccc(Cl)cc1N1CCC(CNC(=O)c2cccc(CS(C)(=O)=O)c2)C1. The van der Waals surface area contributed by atoms with E-state index in [2.05, 4.69) is 17.1 Å². The Kier molecular flexibility index (Phi) is 6.30. The summed E-state index contributed by atoms with van der Waals surface area (Å²) in [6, 6.07) is 12.7. The van der Waals surface area contributed by atoms with Crippen molar-refractivity contribution in [3.05, 3.63) is 64.2 Å². The van der Waals surface area contributed by atoms with E-state index in [4.69, 9.17) is 11.6 Å². The summed E-state index contributed by atoms with van der Waals surface area (Å²) in [4.78, 5) is 14.8. The fraction of sp³-hybridized carbons (Fsp3) is 0.381. The second-order valence-electron chi connectivity index (χ2n) is 7.51. The van der Waals surface area contributed by atoms with E-state index in [1.807, 2.05) is 18.2 Å². The minimum Gasteiger partial charge on any atom is -0.371 e. The number of sulfone groups is 1. The third-order valence-electron chi connectivity index (χ3n) is 4.97. The number of hydrogen-bond acceptors (Lipinski definition) is 4. The van der Waals surface area contributed by atoms with Gasteiger partial charge in [0, 0.05) is 42.2 Å². The molecule has 2 aromatic carbocycles. The molecule has 2 aromatic rings. The summed E-state index contributed by atoms with van der Waals surface area (Å²) in [6.45, 7) is 4.47. The van der Waals surface area contributed by atoms with E-state index in [1.165, 1.54) is 11.8 Å². The minimum atomic E-state index is -3.13. The van der Waals surface area contributed by atoms with E-state index in [0.717, 1.165) is 30.2 Å². The molecule has 1 aliphatic rings. The Morgan fingerprint density at radius 2 is 2.04 bits per heavy atom. The number of anilines is 1. The van der Waals surface area contributed by atoms with Crippen molar-refractivity contribution in [2.24, 2.45) is 5.92 Å². The number of nitrogens with one attached hydrogen (secondary N) is 1. The van der Waals surface area contributed by atoms with Gasteiger partial charge in [-0.15, -0.1) is 0 Å². The van der Waals surface area contributed by atoms with E-state index in [1.54, 1.807) is 24.3 Å². The maximum absolute atomic E-state index is 12.5. The second kappa shape index (κ2) is 8.53. The van der Waals surface area contributed by atoms with E-state index >= 15 is 0 Å². The molecule has 1 heterocycles. The molecular formula is C21H25ClN2O3S. The molecule has 0 aliphatic carbocycles. The van der Waals surface area contributed by atoms with Gasteiger partial charge in [-0.3, -0.25) is 4.79 Å². The van der Waals surface area contributed by atoms with E-state index in [0.29, 0.717) is 23.6 Å². The molecule has 1 fully saturated rings. The Balaban J connectivity index is 1.57. The Bertz CT molecular complexity index is 975. The normalized spacial score (nSPS) is 17.0. The molecule has 1 aliphatic heterocycles. The van der Waals surface area contributed by atoms with Gasteiger partial charge in [0.2, 0.25) is 0 Å². The van der Waals surface area contributed by atoms with Gasteiger partial charge in [-0.1, -0.05) is 29.8 Å². The molecule has 28 heavy (non-hydrogen) atoms. The lowest BCUT2D eigenvalue weighted by molar-refractivity contribution is 0.0948. The highest BCUT2D eigenvalue weighted by Gasteiger charge is 2.24. The van der Waals surface area contributed by atoms with Gasteiger partial charge >= 0.3 is 0 Å². The summed E-state index contributed by atoms with van der Waals surface area (Å²) in [5, 5.41) is 3.72. The summed E-state index contributed by atoms with van der Waals surface area (Å²) >= 11 is 6.13. The van der Waals surface area contributed by atoms with Crippen LogP contribution in [0.4, 0.5) is 5.69 Å². The largest absolute Gasteiger partial charge is 0.371 e. The highest BCUT2D eigenvalue weighted by Crippen LogP contribution is 2.29. The van der Waals surface area contributed by atoms with Crippen molar-refractivity contribution in [1.29, 1.82) is 0 Å². The average molecular weight is 421 g/mol. The first kappa shape index (κ1) is 20.7. The Labute approximate surface area is 171 Å². The average Bonchev–Trinajstić information content (AvgIpc) is 3.09. The second-order valence-corrected chi connectivity index (χ2v) is 10.1. The lowest BCUT2D eigenvalue weighted by Gasteiger charge is -2.21. The lowest BCUT2D eigenvalue weighted by atomic mass is 10.1. The smallest absolute Gasteiger partial charge is 0.251 e. The van der Waals surface area contributed by atoms with Crippen LogP contribution in [0.1, 0.15) is 27.9 Å². The van der Waals surface area contributed by atoms with Gasteiger partial charge in [-0.05, 0) is 54.7 Å². The number of rotatable bonds is 6. The Morgan fingerprint density at radius 1 is 1.25 bits per heavy atom. The molecule has 0 bridgehead atoms. The summed E-state index contributed by atoms with van der Waals surface area (Å²) in [5.41, 5.74) is 3.45. The van der Waals surface area contributed by atoms with Crippen LogP contribution in [0.5, 0.6) is 0 Å². The molecule has 3 rings (SSSR count). The molecule has 1 atom stereocenters. The van der Waals surface area contributed by atoms with Gasteiger partial charge in [0.15, 0.2) is 9.84 Å². The third kappa shape index (κ3) is 5.49. The number of carbonyl (C=O) groups excluding carboxylic acids is 1. The van der Waals surface area contributed by atoms with Gasteiger partial charge in [0.05, 0.1) is 5.75 Å². The van der Waals surface area contributed by atoms with E-state index in [9.17, 15) is 13.2 Å². The number of halogens is 1. The highest BCUT2D eigenvalue weighted by molar-refractivity contribution is 7.89. The zero-order chi connectivity index (χ0) is 20.3. The van der Waals surface area contributed by atoms with Crippen LogP contribution < -0.4 is 10.2 Å². The lowest BCUT2D eigenvalue weighted by Crippen LogP contribution is -2.31. The first-order valence-electron chi connectivity index (χ1n) is 9.27.